The summed E-state index contributed by atoms with van der Waals surface area (Å²) in [5.41, 5.74) is 7.45. The van der Waals surface area contributed by atoms with E-state index in [2.05, 4.69) is 26.0 Å². The second kappa shape index (κ2) is 2.96. The molecule has 0 bridgehead atoms. The number of nitrogens with two attached hydrogens (primary N) is 1. The van der Waals surface area contributed by atoms with Crippen LogP contribution in [0.25, 0.3) is 5.65 Å². The summed E-state index contributed by atoms with van der Waals surface area (Å²) in [6, 6.07) is 2.01. The first kappa shape index (κ1) is 8.97. The van der Waals surface area contributed by atoms with Crippen LogP contribution in [0.5, 0.6) is 0 Å². The Morgan fingerprint density at radius 2 is 2.36 bits per heavy atom. The number of nitriles is 1. The first-order valence-corrected chi connectivity index (χ1v) is 4.64. The van der Waals surface area contributed by atoms with Gasteiger partial charge in [-0.25, -0.2) is 4.98 Å². The molecule has 0 saturated heterocycles. The first-order valence-electron chi connectivity index (χ1n) is 3.84. The number of aryl methyl sites for hydroxylation is 1. The summed E-state index contributed by atoms with van der Waals surface area (Å²) in [6.45, 7) is 1.81. The maximum atomic E-state index is 8.78. The van der Waals surface area contributed by atoms with Gasteiger partial charge in [0.05, 0.1) is 16.4 Å². The van der Waals surface area contributed by atoms with Gasteiger partial charge in [-0.1, -0.05) is 0 Å². The molecule has 0 aliphatic rings. The van der Waals surface area contributed by atoms with E-state index in [1.54, 1.807) is 0 Å². The van der Waals surface area contributed by atoms with Gasteiger partial charge >= 0.3 is 0 Å². The molecule has 2 heterocycles. The van der Waals surface area contributed by atoms with Crippen LogP contribution in [0, 0.1) is 18.3 Å². The molecule has 0 atom stereocenters. The molecule has 2 aromatic rings. The number of hydrogen-bond donors (Lipinski definition) is 1. The number of rotatable bonds is 0. The van der Waals surface area contributed by atoms with Gasteiger partial charge in [-0.2, -0.15) is 14.9 Å². The van der Waals surface area contributed by atoms with E-state index in [1.807, 2.05) is 13.0 Å². The van der Waals surface area contributed by atoms with E-state index in [4.69, 9.17) is 11.0 Å². The van der Waals surface area contributed by atoms with Gasteiger partial charge in [-0.05, 0) is 22.9 Å². The average molecular weight is 252 g/mol. The number of hydrogen-bond acceptors (Lipinski definition) is 4. The van der Waals surface area contributed by atoms with Crippen LogP contribution < -0.4 is 5.73 Å². The van der Waals surface area contributed by atoms with Gasteiger partial charge in [-0.15, -0.1) is 0 Å². The van der Waals surface area contributed by atoms with Crippen LogP contribution in [0.1, 0.15) is 11.3 Å². The van der Waals surface area contributed by atoms with E-state index in [-0.39, 0.29) is 0 Å². The summed E-state index contributed by atoms with van der Waals surface area (Å²) >= 11 is 3.30. The van der Waals surface area contributed by atoms with E-state index < -0.39 is 0 Å². The fourth-order valence-electron chi connectivity index (χ4n) is 1.19. The Kier molecular flexibility index (Phi) is 1.89. The highest BCUT2D eigenvalue weighted by atomic mass is 79.9. The molecule has 5 nitrogen and oxygen atoms in total. The Bertz CT molecular complexity index is 551. The molecule has 0 amide bonds. The maximum absolute atomic E-state index is 8.78. The van der Waals surface area contributed by atoms with Crippen molar-refractivity contribution in [3.05, 3.63) is 21.9 Å². The Morgan fingerprint density at radius 3 is 3.00 bits per heavy atom. The van der Waals surface area contributed by atoms with Crippen LogP contribution >= 0.6 is 15.9 Å². The fraction of sp³-hybridized carbons (Fsp3) is 0.125. The summed E-state index contributed by atoms with van der Waals surface area (Å²) in [6.07, 6.45) is 1.45. The summed E-state index contributed by atoms with van der Waals surface area (Å²) < 4.78 is 2.15. The van der Waals surface area contributed by atoms with Crippen LogP contribution in [-0.2, 0) is 0 Å². The summed E-state index contributed by atoms with van der Waals surface area (Å²) in [5.74, 6) is 0.453. The van der Waals surface area contributed by atoms with Crippen LogP contribution in [0.15, 0.2) is 10.7 Å². The van der Waals surface area contributed by atoms with Crippen molar-refractivity contribution in [3.8, 4) is 6.07 Å². The van der Waals surface area contributed by atoms with Gasteiger partial charge in [0.15, 0.2) is 5.65 Å². The molecule has 2 N–H and O–H groups in total. The van der Waals surface area contributed by atoms with Gasteiger partial charge < -0.3 is 5.73 Å². The van der Waals surface area contributed by atoms with Crippen molar-refractivity contribution in [1.82, 2.24) is 14.6 Å². The van der Waals surface area contributed by atoms with E-state index in [0.29, 0.717) is 21.5 Å². The number of nitrogens with zero attached hydrogens (tertiary/aromatic N) is 4. The first-order chi connectivity index (χ1) is 6.65. The molecule has 0 saturated carbocycles. The zero-order valence-corrected chi connectivity index (χ0v) is 8.91. The average Bonchev–Trinajstić information content (AvgIpc) is 2.57. The Morgan fingerprint density at radius 1 is 1.64 bits per heavy atom. The van der Waals surface area contributed by atoms with Crippen molar-refractivity contribution >= 4 is 27.4 Å². The minimum Gasteiger partial charge on any atom is -0.383 e. The number of aromatic nitrogens is 3. The lowest BCUT2D eigenvalue weighted by molar-refractivity contribution is 0.935. The molecule has 70 valence electrons. The standard InChI is InChI=1S/C8H6BrN5/c1-4-6(9)7(11)14-8(13-4)5(2-10)3-12-14/h3H,11H2,1H3. The summed E-state index contributed by atoms with van der Waals surface area (Å²) in [7, 11) is 0. The van der Waals surface area contributed by atoms with Crippen molar-refractivity contribution in [2.24, 2.45) is 0 Å². The number of nitrogen functional groups attached to an aromatic ring is 1. The zero-order valence-electron chi connectivity index (χ0n) is 7.32. The van der Waals surface area contributed by atoms with E-state index in [1.165, 1.54) is 10.7 Å². The van der Waals surface area contributed by atoms with E-state index in [0.717, 1.165) is 5.69 Å². The molecule has 0 spiro atoms. The monoisotopic (exact) mass is 251 g/mol. The third-order valence-electron chi connectivity index (χ3n) is 1.91. The van der Waals surface area contributed by atoms with Crippen molar-refractivity contribution in [2.75, 3.05) is 5.73 Å². The molecule has 0 aliphatic carbocycles. The molecule has 14 heavy (non-hydrogen) atoms. The molecule has 0 aliphatic heterocycles. The van der Waals surface area contributed by atoms with Crippen LogP contribution in [0.3, 0.4) is 0 Å². The molecule has 0 unspecified atom stereocenters. The highest BCUT2D eigenvalue weighted by Gasteiger charge is 2.11. The molecule has 6 heteroatoms. The Labute approximate surface area is 88.3 Å². The number of fused-ring (bicyclic) bond motifs is 1. The lowest BCUT2D eigenvalue weighted by Gasteiger charge is -2.03. The predicted molar refractivity (Wildman–Crippen MR) is 54.6 cm³/mol. The van der Waals surface area contributed by atoms with Gasteiger partial charge in [0, 0.05) is 0 Å². The van der Waals surface area contributed by atoms with Crippen LogP contribution in [0.4, 0.5) is 5.82 Å². The molecule has 0 radical (unpaired) electrons. The number of halogens is 1. The van der Waals surface area contributed by atoms with Crippen LogP contribution in [0.2, 0.25) is 0 Å². The lowest BCUT2D eigenvalue weighted by atomic mass is 10.3. The molecule has 2 aromatic heterocycles. The zero-order chi connectivity index (χ0) is 10.3. The largest absolute Gasteiger partial charge is 0.383 e. The minimum absolute atomic E-state index is 0.423. The smallest absolute Gasteiger partial charge is 0.175 e. The number of anilines is 1. The van der Waals surface area contributed by atoms with Crippen LogP contribution in [-0.4, -0.2) is 14.6 Å². The van der Waals surface area contributed by atoms with Gasteiger partial charge in [-0.3, -0.25) is 0 Å². The Balaban J connectivity index is 2.95. The normalized spacial score (nSPS) is 10.4. The SMILES string of the molecule is Cc1nc2c(C#N)cnn2c(N)c1Br. The summed E-state index contributed by atoms with van der Waals surface area (Å²) in [4.78, 5) is 4.22. The lowest BCUT2D eigenvalue weighted by Crippen LogP contribution is -2.03. The highest BCUT2D eigenvalue weighted by molar-refractivity contribution is 9.10. The van der Waals surface area contributed by atoms with Gasteiger partial charge in [0.25, 0.3) is 0 Å². The Hall–Kier alpha value is -1.61. The molecule has 2 rings (SSSR count). The topological polar surface area (TPSA) is 80.0 Å². The van der Waals surface area contributed by atoms with Crippen molar-refractivity contribution in [2.45, 2.75) is 6.92 Å². The van der Waals surface area contributed by atoms with E-state index in [9.17, 15) is 0 Å². The van der Waals surface area contributed by atoms with Crippen molar-refractivity contribution in [3.63, 3.8) is 0 Å². The third kappa shape index (κ3) is 1.06. The second-order valence-electron chi connectivity index (χ2n) is 2.80. The fourth-order valence-corrected chi connectivity index (χ4v) is 1.45. The van der Waals surface area contributed by atoms with Crippen molar-refractivity contribution in [1.29, 1.82) is 5.26 Å². The van der Waals surface area contributed by atoms with Crippen molar-refractivity contribution < 1.29 is 0 Å². The maximum Gasteiger partial charge on any atom is 0.175 e. The van der Waals surface area contributed by atoms with Gasteiger partial charge in [0.2, 0.25) is 0 Å². The highest BCUT2D eigenvalue weighted by Crippen LogP contribution is 2.23. The third-order valence-corrected chi connectivity index (χ3v) is 2.89. The summed E-state index contributed by atoms with van der Waals surface area (Å²) in [5, 5.41) is 12.7. The molecular formula is C8H6BrN5. The predicted octanol–water partition coefficient (Wildman–Crippen LogP) is 1.25. The molecular weight excluding hydrogens is 246 g/mol. The quantitative estimate of drug-likeness (QED) is 0.765. The van der Waals surface area contributed by atoms with E-state index >= 15 is 0 Å². The second-order valence-corrected chi connectivity index (χ2v) is 3.59. The molecule has 0 fully saturated rings. The van der Waals surface area contributed by atoms with Gasteiger partial charge in [0.1, 0.15) is 17.5 Å². The molecule has 0 aromatic carbocycles. The minimum atomic E-state index is 0.423.